The van der Waals surface area contributed by atoms with Crippen molar-refractivity contribution in [2.24, 2.45) is 0 Å². The fourth-order valence-electron chi connectivity index (χ4n) is 14.6. The second-order valence-electron chi connectivity index (χ2n) is 29.6. The zero-order chi connectivity index (χ0) is 87.0. The van der Waals surface area contributed by atoms with E-state index in [1.54, 1.807) is 43.4 Å². The van der Waals surface area contributed by atoms with Gasteiger partial charge in [-0.2, -0.15) is 0 Å². The number of nitrogens with zero attached hydrogens (tertiary/aromatic N) is 8. The quantitative estimate of drug-likeness (QED) is 0.133. The summed E-state index contributed by atoms with van der Waals surface area (Å²) in [6, 6.07) is 145. The van der Waals surface area contributed by atoms with Gasteiger partial charge in [-0.3, -0.25) is 0 Å². The molecule has 0 atom stereocenters. The number of benzene rings is 12. The maximum Gasteiger partial charge on any atom is 0.123 e. The molecule has 12 nitrogen and oxygen atoms in total. The van der Waals surface area contributed by atoms with Crippen LogP contribution in [0.5, 0.6) is 0 Å². The van der Waals surface area contributed by atoms with Crippen molar-refractivity contribution in [3.05, 3.63) is 484 Å². The van der Waals surface area contributed by atoms with Crippen LogP contribution in [0.3, 0.4) is 0 Å². The Morgan fingerprint density at radius 1 is 0.182 bits per heavy atom. The Balaban J connectivity index is 0.000000129. The van der Waals surface area contributed by atoms with E-state index in [2.05, 4.69) is 177 Å². The normalized spacial score (nSPS) is 10.3. The summed E-state index contributed by atoms with van der Waals surface area (Å²) < 4.78 is 24.2. The molecule has 0 spiro atoms. The van der Waals surface area contributed by atoms with Gasteiger partial charge < -0.3 is 57.5 Å². The van der Waals surface area contributed by atoms with E-state index in [1.807, 2.05) is 310 Å². The van der Waals surface area contributed by atoms with E-state index in [1.165, 1.54) is 16.7 Å². The van der Waals surface area contributed by atoms with Gasteiger partial charge in [0.15, 0.2) is 0 Å². The van der Waals surface area contributed by atoms with Crippen LogP contribution in [0.2, 0.25) is 0 Å². The summed E-state index contributed by atoms with van der Waals surface area (Å²) in [6.45, 7) is 8.28. The molecule has 0 saturated heterocycles. The van der Waals surface area contributed by atoms with Gasteiger partial charge in [0.2, 0.25) is 0 Å². The first-order valence-electron chi connectivity index (χ1n) is 41.7. The van der Waals surface area contributed by atoms with Gasteiger partial charge in [-0.1, -0.05) is 201 Å². The molecular formula is C116H80Ir4N8O4-8. The predicted molar refractivity (Wildman–Crippen MR) is 516 cm³/mol. The van der Waals surface area contributed by atoms with Crippen LogP contribution in [0, 0.1) is 76.2 Å². The average Bonchev–Trinajstić information content (AvgIpc) is 1.64. The van der Waals surface area contributed by atoms with Crippen molar-refractivity contribution in [2.75, 3.05) is 0 Å². The molecule has 12 aromatic carbocycles. The molecule has 0 aliphatic carbocycles. The molecule has 0 amide bonds. The predicted octanol–water partition coefficient (Wildman–Crippen LogP) is 29.2. The number of para-hydroxylation sites is 2. The Hall–Kier alpha value is -14.4. The third-order valence-corrected chi connectivity index (χ3v) is 20.7. The minimum absolute atomic E-state index is 0. The second-order valence-corrected chi connectivity index (χ2v) is 29.6. The number of aryl methyl sites for hydroxylation is 4. The minimum atomic E-state index is 0. The van der Waals surface area contributed by atoms with Gasteiger partial charge in [0, 0.05) is 152 Å². The maximum atomic E-state index is 6.10. The maximum absolute atomic E-state index is 6.10. The van der Waals surface area contributed by atoms with Crippen LogP contribution >= 0.6 is 0 Å². The van der Waals surface area contributed by atoms with Crippen LogP contribution in [0.25, 0.3) is 178 Å². The second kappa shape index (κ2) is 47.3. The van der Waals surface area contributed by atoms with Gasteiger partial charge >= 0.3 is 0 Å². The first-order valence-corrected chi connectivity index (χ1v) is 41.7. The van der Waals surface area contributed by atoms with E-state index < -0.39 is 0 Å². The first-order chi connectivity index (χ1) is 63.2. The molecule has 24 rings (SSSR count). The van der Waals surface area contributed by atoms with E-state index in [0.29, 0.717) is 0 Å². The molecule has 24 aromatic rings. The van der Waals surface area contributed by atoms with Crippen molar-refractivity contribution < 1.29 is 98.1 Å². The van der Waals surface area contributed by atoms with E-state index in [4.69, 9.17) is 17.7 Å². The summed E-state index contributed by atoms with van der Waals surface area (Å²) in [5.41, 5.74) is 27.1. The summed E-state index contributed by atoms with van der Waals surface area (Å²) in [6.07, 6.45) is 14.3. The zero-order valence-electron chi connectivity index (χ0n) is 71.8. The summed E-state index contributed by atoms with van der Waals surface area (Å²) in [4.78, 5) is 34.5. The summed E-state index contributed by atoms with van der Waals surface area (Å²) in [5, 5.41) is 9.00. The molecule has 12 aromatic heterocycles. The number of pyridine rings is 8. The van der Waals surface area contributed by atoms with Gasteiger partial charge in [0.25, 0.3) is 0 Å². The molecule has 0 aliphatic heterocycles. The Kier molecular flexibility index (Phi) is 34.1. The average molecular weight is 2420 g/mol. The van der Waals surface area contributed by atoms with E-state index in [-0.39, 0.29) is 80.4 Å². The SMILES string of the molecule is Cc1ccc2c(c1)oc1c(-c3ccccn3)[c-]ccc12.Cc1ccc2oc3c(-c4ccccn4)[c-]ccc3c2c1.Cc1cccc2c1oc1c(-c3ccccn3)[c-]ccc12.Cc1ccnc(-c2[c-]ccc3c2oc2ccccc23)c1.[Ir].[Ir].[Ir].[Ir].[c-]1ccccc1-c1ccccn1.[c-]1ccccc1-c1ccccn1.[c-]1ccccc1-c1ccccn1.[c-]1ccccc1-c1ccccn1. The summed E-state index contributed by atoms with van der Waals surface area (Å²) in [5.74, 6) is 0. The number of fused-ring (bicyclic) bond motifs is 12. The molecule has 652 valence electrons. The molecule has 16 heteroatoms. The Bertz CT molecular complexity index is 7200. The number of hydrogen-bond donors (Lipinski definition) is 0. The molecule has 0 saturated carbocycles. The summed E-state index contributed by atoms with van der Waals surface area (Å²) in [7, 11) is 0. The van der Waals surface area contributed by atoms with Gasteiger partial charge in [0.1, 0.15) is 22.3 Å². The van der Waals surface area contributed by atoms with Gasteiger partial charge in [-0.05, 0) is 157 Å². The molecule has 0 unspecified atom stereocenters. The number of aromatic nitrogens is 8. The molecule has 0 N–H and O–H groups in total. The van der Waals surface area contributed by atoms with Crippen molar-refractivity contribution in [1.29, 1.82) is 0 Å². The molecule has 0 fully saturated rings. The van der Waals surface area contributed by atoms with Crippen LogP contribution < -0.4 is 0 Å². The van der Waals surface area contributed by atoms with Crippen molar-refractivity contribution in [2.45, 2.75) is 27.7 Å². The molecule has 4 radical (unpaired) electrons. The Morgan fingerprint density at radius 2 is 0.485 bits per heavy atom. The fraction of sp³-hybridized carbons (Fsp3) is 0.0345. The third kappa shape index (κ3) is 23.4. The monoisotopic (exact) mass is 2420 g/mol. The molecule has 12 heterocycles. The topological polar surface area (TPSA) is 156 Å². The largest absolute Gasteiger partial charge is 0.501 e. The first kappa shape index (κ1) is 95.2. The van der Waals surface area contributed by atoms with Crippen LogP contribution in [-0.2, 0) is 80.4 Å². The van der Waals surface area contributed by atoms with Crippen molar-refractivity contribution in [3.63, 3.8) is 0 Å². The Labute approximate surface area is 820 Å². The molecule has 0 bridgehead atoms. The fourth-order valence-corrected chi connectivity index (χ4v) is 14.6. The molecular weight excluding hydrogens is 2340 g/mol. The van der Waals surface area contributed by atoms with Crippen LogP contribution in [0.1, 0.15) is 22.3 Å². The number of hydrogen-bond acceptors (Lipinski definition) is 12. The standard InChI is InChI=1S/4C18H12NO.4C11H8N.4Ir/c1-12-6-4-7-13-14-8-5-9-15(18(14)20-17(12)13)16-10-2-3-11-19-16;1-12-8-9-13-14-5-4-6-15(16-7-2-3-10-19-16)18(14)20-17(13)11-12;1-12-8-9-17-15(11-12)13-5-4-6-14(18(13)20-17)16-7-2-3-10-19-16;1-12-9-10-19-16(11-12)15-7-4-6-14-13-5-2-3-8-17(13)20-18(14)15;4*1-2-6-10(7-3-1)11-8-4-5-9-12-11;;;;/h2-8,10-11H,1H3;2*2-5,7-11H,1H3;2-6,8-11H,1H3;4*1-6,8-9H;;;;/q8*-1;;;;. The van der Waals surface area contributed by atoms with Crippen molar-refractivity contribution >= 4 is 87.8 Å². The van der Waals surface area contributed by atoms with Crippen LogP contribution in [-0.4, -0.2) is 39.9 Å². The van der Waals surface area contributed by atoms with Gasteiger partial charge in [-0.15, -0.1) is 216 Å². The van der Waals surface area contributed by atoms with E-state index in [9.17, 15) is 0 Å². The van der Waals surface area contributed by atoms with E-state index in [0.717, 1.165) is 183 Å². The minimum Gasteiger partial charge on any atom is -0.501 e. The van der Waals surface area contributed by atoms with Crippen LogP contribution in [0.4, 0.5) is 0 Å². The van der Waals surface area contributed by atoms with Crippen molar-refractivity contribution in [1.82, 2.24) is 39.9 Å². The molecule has 132 heavy (non-hydrogen) atoms. The van der Waals surface area contributed by atoms with E-state index >= 15 is 0 Å². The third-order valence-electron chi connectivity index (χ3n) is 20.7. The Morgan fingerprint density at radius 3 is 0.879 bits per heavy atom. The zero-order valence-corrected chi connectivity index (χ0v) is 81.4. The number of rotatable bonds is 8. The van der Waals surface area contributed by atoms with Crippen molar-refractivity contribution in [3.8, 4) is 90.1 Å². The molecule has 0 aliphatic rings. The smallest absolute Gasteiger partial charge is 0.123 e. The number of furan rings is 4. The van der Waals surface area contributed by atoms with Gasteiger partial charge in [-0.25, -0.2) is 0 Å². The van der Waals surface area contributed by atoms with Gasteiger partial charge in [0.05, 0.1) is 22.3 Å². The van der Waals surface area contributed by atoms with Crippen LogP contribution in [0.15, 0.2) is 431 Å². The summed E-state index contributed by atoms with van der Waals surface area (Å²) >= 11 is 0.